The third kappa shape index (κ3) is 5.76. The van der Waals surface area contributed by atoms with Gasteiger partial charge in [-0.3, -0.25) is 14.4 Å². The van der Waals surface area contributed by atoms with E-state index >= 15 is 4.39 Å². The Morgan fingerprint density at radius 1 is 1.33 bits per heavy atom. The van der Waals surface area contributed by atoms with E-state index in [0.717, 1.165) is 0 Å². The van der Waals surface area contributed by atoms with Crippen LogP contribution in [0.15, 0.2) is 15.8 Å². The second-order valence-electron chi connectivity index (χ2n) is 7.92. The van der Waals surface area contributed by atoms with Crippen molar-refractivity contribution in [1.29, 1.82) is 0 Å². The first-order valence-corrected chi connectivity index (χ1v) is 11.8. The Kier molecular flexibility index (Phi) is 9.17. The van der Waals surface area contributed by atoms with Gasteiger partial charge in [-0.05, 0) is 34.1 Å². The summed E-state index contributed by atoms with van der Waals surface area (Å²) in [5, 5.41) is 0. The third-order valence-corrected chi connectivity index (χ3v) is 7.65. The minimum absolute atomic E-state index is 0.0496. The molecule has 1 aromatic heterocycles. The van der Waals surface area contributed by atoms with Crippen molar-refractivity contribution in [3.63, 3.8) is 0 Å². The Balaban J connectivity index is 2.29. The molecule has 0 spiro atoms. The van der Waals surface area contributed by atoms with Gasteiger partial charge in [0.1, 0.15) is 20.5 Å². The lowest BCUT2D eigenvalue weighted by atomic mass is 10.0. The maximum atomic E-state index is 15.5. The molecule has 2 heterocycles. The Hall–Kier alpha value is -1.59. The third-order valence-electron chi connectivity index (χ3n) is 5.03. The van der Waals surface area contributed by atoms with Crippen LogP contribution in [-0.4, -0.2) is 57.8 Å². The summed E-state index contributed by atoms with van der Waals surface area (Å²) in [6, 6.07) is 0.393. The number of hydrogen-bond acceptors (Lipinski definition) is 5. The molecule has 5 atom stereocenters. The van der Waals surface area contributed by atoms with Crippen LogP contribution in [0.2, 0.25) is 0 Å². The van der Waals surface area contributed by atoms with Gasteiger partial charge < -0.3 is 19.1 Å². The largest absolute Gasteiger partial charge is 0.364 e. The molecule has 0 radical (unpaired) electrons. The lowest BCUT2D eigenvalue weighted by molar-refractivity contribution is 0.0120. The highest BCUT2D eigenvalue weighted by Crippen LogP contribution is 2.50. The van der Waals surface area contributed by atoms with Crippen molar-refractivity contribution < 1.29 is 13.7 Å². The number of rotatable bonds is 10. The first-order chi connectivity index (χ1) is 14.2. The summed E-state index contributed by atoms with van der Waals surface area (Å²) in [7, 11) is -1.16. The number of halogens is 1. The minimum atomic E-state index is -1.55. The average Bonchev–Trinajstić information content (AvgIpc) is 2.97. The molecule has 8 nitrogen and oxygen atoms in total. The molecule has 30 heavy (non-hydrogen) atoms. The predicted octanol–water partition coefficient (Wildman–Crippen LogP) is 3.38. The Labute approximate surface area is 177 Å². The first kappa shape index (κ1) is 24.7. The van der Waals surface area contributed by atoms with Crippen LogP contribution >= 0.6 is 8.30 Å². The van der Waals surface area contributed by atoms with Crippen LogP contribution < -0.4 is 11.2 Å². The lowest BCUT2D eigenvalue weighted by Gasteiger charge is -2.39. The van der Waals surface area contributed by atoms with Gasteiger partial charge in [0.05, 0.1) is 11.7 Å². The fraction of sp³-hybridized carbons (Fsp3) is 0.750. The van der Waals surface area contributed by atoms with Crippen molar-refractivity contribution >= 4 is 8.30 Å². The highest BCUT2D eigenvalue weighted by atomic mass is 31.2. The molecular formula is C20H32FN4O4P. The molecule has 1 aliphatic rings. The summed E-state index contributed by atoms with van der Waals surface area (Å²) < 4.78 is 30.0. The summed E-state index contributed by atoms with van der Waals surface area (Å²) in [4.78, 5) is 31.4. The molecule has 0 aromatic carbocycles. The summed E-state index contributed by atoms with van der Waals surface area (Å²) >= 11 is 0. The van der Waals surface area contributed by atoms with Gasteiger partial charge in [0.25, 0.3) is 5.56 Å². The Morgan fingerprint density at radius 2 is 2.00 bits per heavy atom. The van der Waals surface area contributed by atoms with Crippen LogP contribution in [0.4, 0.5) is 4.39 Å². The second-order valence-corrected chi connectivity index (χ2v) is 9.75. The molecule has 1 fully saturated rings. The molecule has 1 aliphatic heterocycles. The van der Waals surface area contributed by atoms with Gasteiger partial charge >= 0.3 is 5.69 Å². The number of aromatic amines is 2. The van der Waals surface area contributed by atoms with E-state index in [9.17, 15) is 9.59 Å². The molecule has 2 unspecified atom stereocenters. The number of nitrogens with one attached hydrogen (secondary N) is 2. The molecule has 0 bridgehead atoms. The summed E-state index contributed by atoms with van der Waals surface area (Å²) in [6.45, 7) is 17.6. The fourth-order valence-corrected chi connectivity index (χ4v) is 6.23. The summed E-state index contributed by atoms with van der Waals surface area (Å²) in [6.07, 6.45) is -0.916. The van der Waals surface area contributed by atoms with Gasteiger partial charge in [0.15, 0.2) is 6.17 Å². The number of alkyl halides is 1. The van der Waals surface area contributed by atoms with Crippen molar-refractivity contribution in [2.75, 3.05) is 12.7 Å². The molecule has 168 valence electrons. The van der Waals surface area contributed by atoms with E-state index in [4.69, 9.17) is 15.8 Å². The van der Waals surface area contributed by atoms with Gasteiger partial charge in [-0.2, -0.15) is 0 Å². The lowest BCUT2D eigenvalue weighted by Crippen LogP contribution is -2.38. The smallest absolute Gasteiger partial charge is 0.325 e. The summed E-state index contributed by atoms with van der Waals surface area (Å²) in [5.74, 6) is 0. The van der Waals surface area contributed by atoms with Gasteiger partial charge in [0, 0.05) is 30.9 Å². The number of ether oxygens (including phenoxy) is 1. The van der Waals surface area contributed by atoms with E-state index < -0.39 is 44.0 Å². The molecule has 2 N–H and O–H groups in total. The van der Waals surface area contributed by atoms with Gasteiger partial charge in [-0.25, -0.2) is 15.8 Å². The molecule has 10 heteroatoms. The average molecular weight is 442 g/mol. The molecule has 0 amide bonds. The van der Waals surface area contributed by atoms with Crippen molar-refractivity contribution in [2.45, 2.75) is 84.0 Å². The van der Waals surface area contributed by atoms with Crippen LogP contribution in [0, 0.1) is 6.57 Å². The molecule has 0 saturated carbocycles. The monoisotopic (exact) mass is 442 g/mol. The number of hydrogen-bond donors (Lipinski definition) is 2. The zero-order valence-electron chi connectivity index (χ0n) is 18.2. The zero-order valence-corrected chi connectivity index (χ0v) is 19.1. The van der Waals surface area contributed by atoms with Gasteiger partial charge in [0.2, 0.25) is 6.54 Å². The maximum absolute atomic E-state index is 15.5. The van der Waals surface area contributed by atoms with Crippen molar-refractivity contribution in [3.8, 4) is 0 Å². The van der Waals surface area contributed by atoms with Crippen LogP contribution in [0.5, 0.6) is 0 Å². The molecule has 0 aliphatic carbocycles. The minimum Gasteiger partial charge on any atom is -0.364 e. The number of nitrogens with zero attached hydrogens (tertiary/aromatic N) is 2. The topological polar surface area (TPSA) is 91.8 Å². The van der Waals surface area contributed by atoms with E-state index in [1.165, 1.54) is 6.20 Å². The van der Waals surface area contributed by atoms with E-state index in [2.05, 4.69) is 47.2 Å². The Morgan fingerprint density at radius 3 is 2.53 bits per heavy atom. The van der Waals surface area contributed by atoms with Crippen molar-refractivity contribution in [2.24, 2.45) is 0 Å². The highest BCUT2D eigenvalue weighted by Gasteiger charge is 2.48. The summed E-state index contributed by atoms with van der Waals surface area (Å²) in [5.41, 5.74) is -1.26. The Bertz CT molecular complexity index is 829. The molecular weight excluding hydrogens is 410 g/mol. The van der Waals surface area contributed by atoms with Gasteiger partial charge in [-0.15, -0.1) is 0 Å². The maximum Gasteiger partial charge on any atom is 0.325 e. The fourth-order valence-electron chi connectivity index (χ4n) is 3.81. The molecule has 1 saturated heterocycles. The standard InChI is InChI=1S/C20H32FN4O4P/c1-7-15-18(16(21)17(28-15)14-11-23-20(27)24-19(14)26)29-30(10-8-9-22-6)25(12(2)3)13(4)5/h11-13,15-18H,7-10H2,1-5H3,(H2,23,24,26,27)/t15-,16?,17+,18+,30?/m1/s1. The quantitative estimate of drug-likeness (QED) is 0.329. The highest BCUT2D eigenvalue weighted by molar-refractivity contribution is 7.50. The van der Waals surface area contributed by atoms with E-state index in [1.807, 2.05) is 6.92 Å². The van der Waals surface area contributed by atoms with Crippen LogP contribution in [0.3, 0.4) is 0 Å². The van der Waals surface area contributed by atoms with Crippen LogP contribution in [0.25, 0.3) is 4.85 Å². The van der Waals surface area contributed by atoms with E-state index in [0.29, 0.717) is 25.5 Å². The zero-order chi connectivity index (χ0) is 22.4. The van der Waals surface area contributed by atoms with E-state index in [1.54, 1.807) is 0 Å². The van der Waals surface area contributed by atoms with Crippen molar-refractivity contribution in [1.82, 2.24) is 14.6 Å². The second kappa shape index (κ2) is 11.1. The van der Waals surface area contributed by atoms with Gasteiger partial charge in [-0.1, -0.05) is 6.92 Å². The van der Waals surface area contributed by atoms with Crippen molar-refractivity contribution in [3.05, 3.63) is 44.0 Å². The molecule has 2 rings (SSSR count). The van der Waals surface area contributed by atoms with Crippen LogP contribution in [-0.2, 0) is 9.26 Å². The number of aromatic nitrogens is 2. The van der Waals surface area contributed by atoms with E-state index in [-0.39, 0.29) is 17.6 Å². The first-order valence-electron chi connectivity index (χ1n) is 10.4. The SMILES string of the molecule is [C-]#[N+]CCCP(O[C@@H]1C(F)[C@H](c2c[nH]c(=O)[nH]c2=O)O[C@@H]1CC)N(C(C)C)C(C)C. The molecule has 1 aromatic rings. The number of H-pyrrole nitrogens is 2. The normalized spacial score (nSPS) is 25.2. The van der Waals surface area contributed by atoms with Crippen LogP contribution in [0.1, 0.15) is 59.1 Å². The predicted molar refractivity (Wildman–Crippen MR) is 115 cm³/mol.